The minimum absolute atomic E-state index is 0.216. The van der Waals surface area contributed by atoms with Crippen LogP contribution in [0.4, 0.5) is 0 Å². The lowest BCUT2D eigenvalue weighted by atomic mass is 9.98. The third-order valence-corrected chi connectivity index (χ3v) is 3.36. The third kappa shape index (κ3) is 1.73. The Bertz CT molecular complexity index is 470. The van der Waals surface area contributed by atoms with Crippen LogP contribution in [0.5, 0.6) is 11.5 Å². The molecular weight excluding hydrogens is 218 g/mol. The highest BCUT2D eigenvalue weighted by Gasteiger charge is 2.23. The Labute approximate surface area is 100 Å². The summed E-state index contributed by atoms with van der Waals surface area (Å²) in [6.45, 7) is 3.70. The van der Waals surface area contributed by atoms with E-state index in [2.05, 4.69) is 0 Å². The Morgan fingerprint density at radius 2 is 2.00 bits per heavy atom. The summed E-state index contributed by atoms with van der Waals surface area (Å²) in [6, 6.07) is 4.05. The van der Waals surface area contributed by atoms with Crippen molar-refractivity contribution in [3.05, 3.63) is 23.3 Å². The number of rotatable bonds is 1. The van der Waals surface area contributed by atoms with Crippen molar-refractivity contribution in [2.24, 2.45) is 0 Å². The average Bonchev–Trinajstić information content (AvgIpc) is 2.81. The van der Waals surface area contributed by atoms with Crippen molar-refractivity contribution >= 4 is 5.91 Å². The fourth-order valence-electron chi connectivity index (χ4n) is 2.38. The van der Waals surface area contributed by atoms with Gasteiger partial charge < -0.3 is 14.4 Å². The van der Waals surface area contributed by atoms with Crippen LogP contribution in [0.25, 0.3) is 0 Å². The Morgan fingerprint density at radius 3 is 2.71 bits per heavy atom. The Balaban J connectivity index is 1.89. The van der Waals surface area contributed by atoms with E-state index in [0.29, 0.717) is 19.8 Å². The zero-order valence-electron chi connectivity index (χ0n) is 9.86. The van der Waals surface area contributed by atoms with E-state index in [9.17, 15) is 4.79 Å². The van der Waals surface area contributed by atoms with Crippen molar-refractivity contribution in [1.29, 1.82) is 0 Å². The number of amides is 1. The fraction of sp³-hybridized carbons (Fsp3) is 0.462. The summed E-state index contributed by atoms with van der Waals surface area (Å²) in [4.78, 5) is 13.6. The van der Waals surface area contributed by atoms with Crippen LogP contribution in [0.1, 0.15) is 24.5 Å². The SMILES string of the molecule is CCC(=O)N1CCc2cc3c(cc2C1)OCO3. The predicted octanol–water partition coefficient (Wildman–Crippen LogP) is 1.71. The van der Waals surface area contributed by atoms with Crippen molar-refractivity contribution < 1.29 is 14.3 Å². The van der Waals surface area contributed by atoms with Gasteiger partial charge in [0.05, 0.1) is 0 Å². The second-order valence-electron chi connectivity index (χ2n) is 4.39. The molecule has 2 aliphatic heterocycles. The molecule has 2 heterocycles. The lowest BCUT2D eigenvalue weighted by Crippen LogP contribution is -2.35. The number of hydrogen-bond donors (Lipinski definition) is 0. The maximum Gasteiger partial charge on any atom is 0.231 e. The van der Waals surface area contributed by atoms with Gasteiger partial charge in [0.1, 0.15) is 0 Å². The predicted molar refractivity (Wildman–Crippen MR) is 62.0 cm³/mol. The molecule has 0 N–H and O–H groups in total. The van der Waals surface area contributed by atoms with Crippen molar-refractivity contribution in [2.45, 2.75) is 26.3 Å². The van der Waals surface area contributed by atoms with Crippen LogP contribution in [0.2, 0.25) is 0 Å². The van der Waals surface area contributed by atoms with E-state index in [1.165, 1.54) is 11.1 Å². The Hall–Kier alpha value is -1.71. The van der Waals surface area contributed by atoms with Gasteiger partial charge in [0.15, 0.2) is 11.5 Å². The Kier molecular flexibility index (Phi) is 2.42. The first-order valence-electron chi connectivity index (χ1n) is 5.97. The molecule has 0 fully saturated rings. The van der Waals surface area contributed by atoms with Crippen LogP contribution < -0.4 is 9.47 Å². The molecule has 0 atom stereocenters. The number of carbonyl (C=O) groups is 1. The van der Waals surface area contributed by atoms with Gasteiger partial charge in [0.2, 0.25) is 12.7 Å². The molecule has 0 radical (unpaired) electrons. The molecule has 90 valence electrons. The second-order valence-corrected chi connectivity index (χ2v) is 4.39. The van der Waals surface area contributed by atoms with E-state index in [-0.39, 0.29) is 5.91 Å². The average molecular weight is 233 g/mol. The zero-order valence-corrected chi connectivity index (χ0v) is 9.86. The number of fused-ring (bicyclic) bond motifs is 2. The molecule has 0 aromatic heterocycles. The summed E-state index contributed by atoms with van der Waals surface area (Å²) in [7, 11) is 0. The molecule has 4 nitrogen and oxygen atoms in total. The van der Waals surface area contributed by atoms with E-state index in [4.69, 9.17) is 9.47 Å². The summed E-state index contributed by atoms with van der Waals surface area (Å²) in [5.74, 6) is 1.85. The summed E-state index contributed by atoms with van der Waals surface area (Å²) in [5, 5.41) is 0. The number of ether oxygens (including phenoxy) is 2. The third-order valence-electron chi connectivity index (χ3n) is 3.36. The van der Waals surface area contributed by atoms with Crippen LogP contribution in [0.15, 0.2) is 12.1 Å². The molecule has 3 rings (SSSR count). The van der Waals surface area contributed by atoms with E-state index in [1.807, 2.05) is 24.0 Å². The number of carbonyl (C=O) groups excluding carboxylic acids is 1. The van der Waals surface area contributed by atoms with Gasteiger partial charge in [0, 0.05) is 19.5 Å². The van der Waals surface area contributed by atoms with Gasteiger partial charge in [-0.05, 0) is 29.7 Å². The molecule has 0 bridgehead atoms. The molecule has 1 aromatic carbocycles. The van der Waals surface area contributed by atoms with Gasteiger partial charge in [-0.25, -0.2) is 0 Å². The van der Waals surface area contributed by atoms with Crippen molar-refractivity contribution in [3.63, 3.8) is 0 Å². The molecule has 0 spiro atoms. The van der Waals surface area contributed by atoms with Gasteiger partial charge in [-0.15, -0.1) is 0 Å². The minimum Gasteiger partial charge on any atom is -0.454 e. The van der Waals surface area contributed by atoms with Crippen LogP contribution >= 0.6 is 0 Å². The normalized spacial score (nSPS) is 16.9. The Morgan fingerprint density at radius 1 is 1.29 bits per heavy atom. The number of hydrogen-bond acceptors (Lipinski definition) is 3. The van der Waals surface area contributed by atoms with Crippen LogP contribution in [0, 0.1) is 0 Å². The topological polar surface area (TPSA) is 38.8 Å². The fourth-order valence-corrected chi connectivity index (χ4v) is 2.38. The molecule has 0 saturated carbocycles. The van der Waals surface area contributed by atoms with E-state index >= 15 is 0 Å². The maximum atomic E-state index is 11.7. The first-order valence-corrected chi connectivity index (χ1v) is 5.97. The summed E-state index contributed by atoms with van der Waals surface area (Å²) in [6.07, 6.45) is 1.47. The molecular formula is C13H15NO3. The lowest BCUT2D eigenvalue weighted by molar-refractivity contribution is -0.131. The number of nitrogens with zero attached hydrogens (tertiary/aromatic N) is 1. The van der Waals surface area contributed by atoms with E-state index in [1.54, 1.807) is 0 Å². The number of benzene rings is 1. The maximum absolute atomic E-state index is 11.7. The lowest BCUT2D eigenvalue weighted by Gasteiger charge is -2.28. The molecule has 2 aliphatic rings. The van der Waals surface area contributed by atoms with Gasteiger partial charge in [-0.3, -0.25) is 4.79 Å². The largest absolute Gasteiger partial charge is 0.454 e. The van der Waals surface area contributed by atoms with Crippen LogP contribution in [-0.4, -0.2) is 24.1 Å². The summed E-state index contributed by atoms with van der Waals surface area (Å²) < 4.78 is 10.7. The van der Waals surface area contributed by atoms with Crippen molar-refractivity contribution in [3.8, 4) is 11.5 Å². The van der Waals surface area contributed by atoms with Gasteiger partial charge in [-0.2, -0.15) is 0 Å². The molecule has 17 heavy (non-hydrogen) atoms. The minimum atomic E-state index is 0.216. The molecule has 0 unspecified atom stereocenters. The molecule has 0 saturated heterocycles. The quantitative estimate of drug-likeness (QED) is 0.741. The van der Waals surface area contributed by atoms with E-state index < -0.39 is 0 Å². The zero-order chi connectivity index (χ0) is 11.8. The van der Waals surface area contributed by atoms with Gasteiger partial charge >= 0.3 is 0 Å². The highest BCUT2D eigenvalue weighted by Crippen LogP contribution is 2.36. The molecule has 1 aromatic rings. The first kappa shape index (κ1) is 10.4. The van der Waals surface area contributed by atoms with E-state index in [0.717, 1.165) is 24.5 Å². The van der Waals surface area contributed by atoms with Gasteiger partial charge in [-0.1, -0.05) is 6.92 Å². The molecule has 0 aliphatic carbocycles. The smallest absolute Gasteiger partial charge is 0.231 e. The molecule has 1 amide bonds. The standard InChI is InChI=1S/C13H15NO3/c1-2-13(15)14-4-3-9-5-11-12(17-8-16-11)6-10(9)7-14/h5-6H,2-4,7-8H2,1H3. The van der Waals surface area contributed by atoms with Gasteiger partial charge in [0.25, 0.3) is 0 Å². The second kappa shape index (κ2) is 3.95. The summed E-state index contributed by atoms with van der Waals surface area (Å²) >= 11 is 0. The monoisotopic (exact) mass is 233 g/mol. The summed E-state index contributed by atoms with van der Waals surface area (Å²) in [5.41, 5.74) is 2.46. The van der Waals surface area contributed by atoms with Crippen LogP contribution in [-0.2, 0) is 17.8 Å². The highest BCUT2D eigenvalue weighted by atomic mass is 16.7. The first-order chi connectivity index (χ1) is 8.28. The molecule has 4 heteroatoms. The van der Waals surface area contributed by atoms with Crippen molar-refractivity contribution in [1.82, 2.24) is 4.90 Å². The highest BCUT2D eigenvalue weighted by molar-refractivity contribution is 5.76. The van der Waals surface area contributed by atoms with Crippen LogP contribution in [0.3, 0.4) is 0 Å². The van der Waals surface area contributed by atoms with Crippen molar-refractivity contribution in [2.75, 3.05) is 13.3 Å².